The molecule has 0 aromatic heterocycles. The van der Waals surface area contributed by atoms with E-state index in [0.29, 0.717) is 18.5 Å². The summed E-state index contributed by atoms with van der Waals surface area (Å²) < 4.78 is 25.1. The second kappa shape index (κ2) is 6.20. The predicted octanol–water partition coefficient (Wildman–Crippen LogP) is 3.01. The number of carbonyl (C=O) groups excluding carboxylic acids is 1. The topological polar surface area (TPSA) is 57.6 Å². The third-order valence-electron chi connectivity index (χ3n) is 3.83. The number of halogens is 2. The highest BCUT2D eigenvalue weighted by Gasteiger charge is 2.34. The molecule has 0 bridgehead atoms. The molecule has 0 spiro atoms. The number of nitrogens with zero attached hydrogens (tertiary/aromatic N) is 1. The molecule has 6 heteroatoms. The third kappa shape index (κ3) is 3.37. The van der Waals surface area contributed by atoms with Gasteiger partial charge in [-0.3, -0.25) is 4.79 Å². The van der Waals surface area contributed by atoms with Crippen molar-refractivity contribution in [1.29, 1.82) is 0 Å². The Hall–Kier alpha value is -1.98. The lowest BCUT2D eigenvalue weighted by Crippen LogP contribution is -2.44. The van der Waals surface area contributed by atoms with Gasteiger partial charge in [-0.05, 0) is 24.3 Å². The van der Waals surface area contributed by atoms with Crippen LogP contribution in [0.3, 0.4) is 0 Å². The lowest BCUT2D eigenvalue weighted by Gasteiger charge is -2.38. The highest BCUT2D eigenvalue weighted by molar-refractivity contribution is 6.31. The molecular formula is C15H17F2NO3. The molecule has 2 unspecified atom stereocenters. The second-order valence-corrected chi connectivity index (χ2v) is 5.43. The van der Waals surface area contributed by atoms with Gasteiger partial charge in [0.15, 0.2) is 0 Å². The monoisotopic (exact) mass is 297 g/mol. The van der Waals surface area contributed by atoms with Crippen molar-refractivity contribution in [3.8, 4) is 0 Å². The van der Waals surface area contributed by atoms with Gasteiger partial charge in [0.05, 0.1) is 6.04 Å². The average molecular weight is 297 g/mol. The van der Waals surface area contributed by atoms with Gasteiger partial charge in [-0.25, -0.2) is 13.6 Å². The quantitative estimate of drug-likeness (QED) is 0.854. The molecule has 2 atom stereocenters. The van der Waals surface area contributed by atoms with Gasteiger partial charge in [0.25, 0.3) is 6.43 Å². The minimum absolute atomic E-state index is 0.0842. The number of benzene rings is 1. The van der Waals surface area contributed by atoms with Crippen LogP contribution in [0.25, 0.3) is 0 Å². The van der Waals surface area contributed by atoms with E-state index in [1.54, 1.807) is 12.1 Å². The van der Waals surface area contributed by atoms with E-state index in [-0.39, 0.29) is 17.5 Å². The molecule has 1 amide bonds. The molecule has 1 aliphatic rings. The summed E-state index contributed by atoms with van der Waals surface area (Å²) in [6.07, 6.45) is -1.04. The lowest BCUT2D eigenvalue weighted by molar-refractivity contribution is -0.158. The summed E-state index contributed by atoms with van der Waals surface area (Å²) in [5.74, 6) is -2.20. The van der Waals surface area contributed by atoms with Crippen molar-refractivity contribution in [3.05, 3.63) is 35.4 Å². The Kier molecular flexibility index (Phi) is 4.55. The van der Waals surface area contributed by atoms with Gasteiger partial charge in [0.1, 0.15) is 0 Å². The number of carbonyl (C=O) groups is 2. The maximum Gasteiger partial charge on any atom is 0.394 e. The van der Waals surface area contributed by atoms with Gasteiger partial charge in [-0.1, -0.05) is 31.2 Å². The SMILES string of the molecule is CC1CCC(c2ccc(C(F)F)cc2)N(C(=O)C(=O)O)C1. The van der Waals surface area contributed by atoms with Crippen LogP contribution in [-0.4, -0.2) is 28.4 Å². The second-order valence-electron chi connectivity index (χ2n) is 5.43. The molecule has 1 heterocycles. The Morgan fingerprint density at radius 2 is 1.86 bits per heavy atom. The summed E-state index contributed by atoms with van der Waals surface area (Å²) in [5, 5.41) is 8.91. The number of amides is 1. The van der Waals surface area contributed by atoms with E-state index in [1.165, 1.54) is 17.0 Å². The van der Waals surface area contributed by atoms with E-state index >= 15 is 0 Å². The van der Waals surface area contributed by atoms with Gasteiger partial charge in [0.2, 0.25) is 0 Å². The summed E-state index contributed by atoms with van der Waals surface area (Å²) in [7, 11) is 0. The molecule has 0 radical (unpaired) electrons. The number of carboxylic acids is 1. The molecule has 2 rings (SSSR count). The number of hydrogen-bond acceptors (Lipinski definition) is 2. The van der Waals surface area contributed by atoms with E-state index in [2.05, 4.69) is 0 Å². The molecule has 1 aromatic rings. The number of alkyl halides is 2. The van der Waals surface area contributed by atoms with E-state index < -0.39 is 18.3 Å². The largest absolute Gasteiger partial charge is 0.474 e. The fourth-order valence-corrected chi connectivity index (χ4v) is 2.71. The molecule has 4 nitrogen and oxygen atoms in total. The van der Waals surface area contributed by atoms with Crippen molar-refractivity contribution in [2.45, 2.75) is 32.2 Å². The molecular weight excluding hydrogens is 280 g/mol. The number of hydrogen-bond donors (Lipinski definition) is 1. The van der Waals surface area contributed by atoms with Gasteiger partial charge in [-0.15, -0.1) is 0 Å². The van der Waals surface area contributed by atoms with Crippen LogP contribution in [0.5, 0.6) is 0 Å². The normalized spacial score (nSPS) is 22.4. The maximum atomic E-state index is 12.6. The number of rotatable bonds is 2. The third-order valence-corrected chi connectivity index (χ3v) is 3.83. The van der Waals surface area contributed by atoms with E-state index in [4.69, 9.17) is 5.11 Å². The van der Waals surface area contributed by atoms with E-state index in [0.717, 1.165) is 6.42 Å². The van der Waals surface area contributed by atoms with Gasteiger partial charge in [-0.2, -0.15) is 0 Å². The Morgan fingerprint density at radius 3 is 2.38 bits per heavy atom. The molecule has 21 heavy (non-hydrogen) atoms. The number of carboxylic acid groups (broad SMARTS) is 1. The number of piperidine rings is 1. The number of likely N-dealkylation sites (tertiary alicyclic amines) is 1. The standard InChI is InChI=1S/C15H17F2NO3/c1-9-2-7-12(18(8-9)14(19)15(20)21)10-3-5-11(6-4-10)13(16)17/h3-6,9,12-13H,2,7-8H2,1H3,(H,20,21). The summed E-state index contributed by atoms with van der Waals surface area (Å²) in [4.78, 5) is 24.1. The molecule has 114 valence electrons. The van der Waals surface area contributed by atoms with Crippen LogP contribution in [0.4, 0.5) is 8.78 Å². The van der Waals surface area contributed by atoms with Crippen molar-refractivity contribution in [1.82, 2.24) is 4.90 Å². The van der Waals surface area contributed by atoms with Crippen LogP contribution in [0.1, 0.15) is 43.4 Å². The summed E-state index contributed by atoms with van der Waals surface area (Å²) >= 11 is 0. The van der Waals surface area contributed by atoms with Gasteiger partial charge >= 0.3 is 11.9 Å². The summed E-state index contributed by atoms with van der Waals surface area (Å²) in [6, 6.07) is 5.37. The Morgan fingerprint density at radius 1 is 1.24 bits per heavy atom. The lowest BCUT2D eigenvalue weighted by atomic mass is 9.89. The Balaban J connectivity index is 2.26. The van der Waals surface area contributed by atoms with Crippen molar-refractivity contribution in [2.75, 3.05) is 6.54 Å². The first-order valence-electron chi connectivity index (χ1n) is 6.82. The zero-order chi connectivity index (χ0) is 15.6. The van der Waals surface area contributed by atoms with E-state index in [9.17, 15) is 18.4 Å². The van der Waals surface area contributed by atoms with Crippen molar-refractivity contribution < 1.29 is 23.5 Å². The zero-order valence-electron chi connectivity index (χ0n) is 11.6. The minimum Gasteiger partial charge on any atom is -0.474 e. The first-order chi connectivity index (χ1) is 9.90. The summed E-state index contributed by atoms with van der Waals surface area (Å²) in [5.41, 5.74) is 0.611. The molecule has 1 aromatic carbocycles. The summed E-state index contributed by atoms with van der Waals surface area (Å²) in [6.45, 7) is 2.32. The fourth-order valence-electron chi connectivity index (χ4n) is 2.71. The van der Waals surface area contributed by atoms with Crippen LogP contribution in [0.2, 0.25) is 0 Å². The van der Waals surface area contributed by atoms with E-state index in [1.807, 2.05) is 6.92 Å². The zero-order valence-corrected chi connectivity index (χ0v) is 11.6. The van der Waals surface area contributed by atoms with Crippen LogP contribution in [0.15, 0.2) is 24.3 Å². The maximum absolute atomic E-state index is 12.6. The van der Waals surface area contributed by atoms with Gasteiger partial charge < -0.3 is 10.0 Å². The molecule has 1 fully saturated rings. The molecule has 1 N–H and O–H groups in total. The Labute approximate surface area is 121 Å². The van der Waals surface area contributed by atoms with Gasteiger partial charge in [0, 0.05) is 12.1 Å². The highest BCUT2D eigenvalue weighted by Crippen LogP contribution is 2.34. The smallest absolute Gasteiger partial charge is 0.394 e. The Bertz CT molecular complexity index is 530. The van der Waals surface area contributed by atoms with Crippen LogP contribution < -0.4 is 0 Å². The molecule has 1 aliphatic heterocycles. The van der Waals surface area contributed by atoms with Crippen LogP contribution in [-0.2, 0) is 9.59 Å². The van der Waals surface area contributed by atoms with Crippen LogP contribution >= 0.6 is 0 Å². The van der Waals surface area contributed by atoms with Crippen molar-refractivity contribution in [3.63, 3.8) is 0 Å². The first-order valence-corrected chi connectivity index (χ1v) is 6.82. The van der Waals surface area contributed by atoms with Crippen molar-refractivity contribution >= 4 is 11.9 Å². The fraction of sp³-hybridized carbons (Fsp3) is 0.467. The minimum atomic E-state index is -2.54. The molecule has 0 aliphatic carbocycles. The molecule has 0 saturated carbocycles. The van der Waals surface area contributed by atoms with Crippen LogP contribution in [0, 0.1) is 5.92 Å². The number of aliphatic carboxylic acids is 1. The highest BCUT2D eigenvalue weighted by atomic mass is 19.3. The first kappa shape index (κ1) is 15.4. The molecule has 1 saturated heterocycles. The average Bonchev–Trinajstić information content (AvgIpc) is 2.46. The van der Waals surface area contributed by atoms with Crippen molar-refractivity contribution in [2.24, 2.45) is 5.92 Å². The predicted molar refractivity (Wildman–Crippen MR) is 71.9 cm³/mol.